The van der Waals surface area contributed by atoms with Gasteiger partial charge in [0.05, 0.1) is 13.2 Å². The van der Waals surface area contributed by atoms with Crippen molar-refractivity contribution in [3.63, 3.8) is 0 Å². The number of nitrogens with one attached hydrogen (secondary N) is 2. The van der Waals surface area contributed by atoms with Gasteiger partial charge in [-0.1, -0.05) is 19.1 Å². The second-order valence-corrected chi connectivity index (χ2v) is 4.62. The number of benzene rings is 1. The highest BCUT2D eigenvalue weighted by atomic mass is 16.5. The van der Waals surface area contributed by atoms with Gasteiger partial charge in [0.15, 0.2) is 5.78 Å². The molecule has 0 unspecified atom stereocenters. The number of hydrogen-bond acceptors (Lipinski definition) is 3. The summed E-state index contributed by atoms with van der Waals surface area (Å²) >= 11 is 0. The number of methoxy groups -OCH3 is 1. The van der Waals surface area contributed by atoms with Gasteiger partial charge in [-0.3, -0.25) is 4.79 Å². The van der Waals surface area contributed by atoms with Crippen LogP contribution in [0, 0.1) is 0 Å². The molecule has 1 aliphatic rings. The van der Waals surface area contributed by atoms with Gasteiger partial charge in [0.2, 0.25) is 0 Å². The van der Waals surface area contributed by atoms with Crippen molar-refractivity contribution >= 4 is 11.8 Å². The van der Waals surface area contributed by atoms with Crippen LogP contribution in [0.4, 0.5) is 4.79 Å². The molecule has 2 N–H and O–H groups in total. The molecule has 0 fully saturated rings. The maximum Gasteiger partial charge on any atom is 0.319 e. The molecule has 0 radical (unpaired) electrons. The molecule has 0 saturated heterocycles. The van der Waals surface area contributed by atoms with E-state index in [0.717, 1.165) is 11.3 Å². The minimum absolute atomic E-state index is 0.0239. The Morgan fingerprint density at radius 1 is 1.30 bits per heavy atom. The van der Waals surface area contributed by atoms with Crippen molar-refractivity contribution in [3.8, 4) is 5.75 Å². The molecule has 1 heterocycles. The van der Waals surface area contributed by atoms with Gasteiger partial charge in [-0.15, -0.1) is 0 Å². The van der Waals surface area contributed by atoms with E-state index in [2.05, 4.69) is 10.6 Å². The lowest BCUT2D eigenvalue weighted by molar-refractivity contribution is -0.115. The number of rotatable bonds is 4. The maximum absolute atomic E-state index is 12.1. The first-order valence-corrected chi connectivity index (χ1v) is 6.52. The summed E-state index contributed by atoms with van der Waals surface area (Å²) in [4.78, 5) is 23.8. The average Bonchev–Trinajstić information content (AvgIpc) is 2.46. The van der Waals surface area contributed by atoms with Gasteiger partial charge < -0.3 is 15.4 Å². The van der Waals surface area contributed by atoms with Crippen LogP contribution in [0.15, 0.2) is 35.5 Å². The van der Waals surface area contributed by atoms with E-state index >= 15 is 0 Å². The molecular formula is C15H18N2O3. The van der Waals surface area contributed by atoms with Crippen molar-refractivity contribution in [2.75, 3.05) is 7.11 Å². The molecule has 0 spiro atoms. The fraction of sp³-hybridized carbons (Fsp3) is 0.333. The lowest BCUT2D eigenvalue weighted by atomic mass is 9.91. The normalized spacial score (nSPS) is 18.4. The second kappa shape index (κ2) is 5.77. The zero-order chi connectivity index (χ0) is 14.7. The van der Waals surface area contributed by atoms with E-state index in [1.807, 2.05) is 31.2 Å². The number of hydrogen-bond donors (Lipinski definition) is 2. The quantitative estimate of drug-likeness (QED) is 0.885. The Bertz CT molecular complexity index is 561. The number of Topliss-reactive ketones (excluding diaryl/α,β-unsaturated/α-hetero) is 1. The fourth-order valence-electron chi connectivity index (χ4n) is 2.30. The summed E-state index contributed by atoms with van der Waals surface area (Å²) in [7, 11) is 1.59. The fourth-order valence-corrected chi connectivity index (χ4v) is 2.30. The van der Waals surface area contributed by atoms with E-state index in [1.165, 1.54) is 0 Å². The van der Waals surface area contributed by atoms with Crippen molar-refractivity contribution in [1.29, 1.82) is 0 Å². The molecule has 1 atom stereocenters. The van der Waals surface area contributed by atoms with E-state index in [4.69, 9.17) is 4.74 Å². The molecule has 0 aliphatic carbocycles. The van der Waals surface area contributed by atoms with E-state index in [0.29, 0.717) is 17.7 Å². The lowest BCUT2D eigenvalue weighted by Crippen LogP contribution is -2.45. The van der Waals surface area contributed by atoms with E-state index in [1.54, 1.807) is 14.0 Å². The minimum atomic E-state index is -0.415. The predicted molar refractivity (Wildman–Crippen MR) is 75.4 cm³/mol. The molecule has 0 bridgehead atoms. The largest absolute Gasteiger partial charge is 0.497 e. The van der Waals surface area contributed by atoms with Crippen molar-refractivity contribution in [3.05, 3.63) is 41.1 Å². The van der Waals surface area contributed by atoms with Gasteiger partial charge >= 0.3 is 6.03 Å². The summed E-state index contributed by atoms with van der Waals surface area (Å²) in [6.07, 6.45) is 0.400. The Kier molecular flexibility index (Phi) is 4.08. The van der Waals surface area contributed by atoms with Crippen LogP contribution in [0.25, 0.3) is 0 Å². The van der Waals surface area contributed by atoms with Gasteiger partial charge in [0, 0.05) is 17.7 Å². The van der Waals surface area contributed by atoms with Crippen LogP contribution in [-0.4, -0.2) is 18.9 Å². The van der Waals surface area contributed by atoms with Crippen LogP contribution in [0.5, 0.6) is 5.75 Å². The Hall–Kier alpha value is -2.30. The van der Waals surface area contributed by atoms with Gasteiger partial charge in [-0.25, -0.2) is 4.79 Å². The van der Waals surface area contributed by atoms with Crippen molar-refractivity contribution in [2.24, 2.45) is 0 Å². The molecule has 1 aromatic carbocycles. The molecule has 0 aromatic heterocycles. The lowest BCUT2D eigenvalue weighted by Gasteiger charge is -2.28. The van der Waals surface area contributed by atoms with Crippen LogP contribution in [0.2, 0.25) is 0 Å². The van der Waals surface area contributed by atoms with Gasteiger partial charge in [0.1, 0.15) is 5.75 Å². The molecule has 5 nitrogen and oxygen atoms in total. The first-order chi connectivity index (χ1) is 9.56. The molecule has 1 aliphatic heterocycles. The zero-order valence-corrected chi connectivity index (χ0v) is 11.8. The first-order valence-electron chi connectivity index (χ1n) is 6.52. The minimum Gasteiger partial charge on any atom is -0.497 e. The topological polar surface area (TPSA) is 67.4 Å². The highest BCUT2D eigenvalue weighted by Crippen LogP contribution is 2.29. The van der Waals surface area contributed by atoms with Crippen LogP contribution >= 0.6 is 0 Å². The number of ether oxygens (including phenoxy) is 1. The van der Waals surface area contributed by atoms with E-state index < -0.39 is 6.04 Å². The molecule has 1 aromatic rings. The number of amides is 2. The Morgan fingerprint density at radius 2 is 1.95 bits per heavy atom. The van der Waals surface area contributed by atoms with E-state index in [-0.39, 0.29) is 11.8 Å². The first kappa shape index (κ1) is 14.1. The summed E-state index contributed by atoms with van der Waals surface area (Å²) in [5.74, 6) is 0.758. The summed E-state index contributed by atoms with van der Waals surface area (Å²) in [5.41, 5.74) is 2.08. The molecular weight excluding hydrogens is 256 g/mol. The van der Waals surface area contributed by atoms with Crippen LogP contribution in [-0.2, 0) is 4.79 Å². The SMILES string of the molecule is CCC(=O)C1=C(C)NC(=O)N[C@H]1c1ccc(OC)cc1. The van der Waals surface area contributed by atoms with Crippen LogP contribution < -0.4 is 15.4 Å². The summed E-state index contributed by atoms with van der Waals surface area (Å²) < 4.78 is 5.12. The highest BCUT2D eigenvalue weighted by molar-refractivity contribution is 5.99. The van der Waals surface area contributed by atoms with Crippen LogP contribution in [0.3, 0.4) is 0 Å². The number of urea groups is 1. The molecule has 0 saturated carbocycles. The Labute approximate surface area is 118 Å². The van der Waals surface area contributed by atoms with Gasteiger partial charge in [0.25, 0.3) is 0 Å². The third-order valence-electron chi connectivity index (χ3n) is 3.34. The number of allylic oxidation sites excluding steroid dienone is 1. The number of carbonyl (C=O) groups is 2. The molecule has 106 valence electrons. The molecule has 20 heavy (non-hydrogen) atoms. The Balaban J connectivity index is 2.42. The van der Waals surface area contributed by atoms with Gasteiger partial charge in [-0.05, 0) is 24.6 Å². The molecule has 2 rings (SSSR count). The summed E-state index contributed by atoms with van der Waals surface area (Å²) in [6, 6.07) is 6.62. The van der Waals surface area contributed by atoms with Crippen molar-refractivity contribution < 1.29 is 14.3 Å². The summed E-state index contributed by atoms with van der Waals surface area (Å²) in [6.45, 7) is 3.56. The number of ketones is 1. The monoisotopic (exact) mass is 274 g/mol. The third kappa shape index (κ3) is 2.66. The average molecular weight is 274 g/mol. The third-order valence-corrected chi connectivity index (χ3v) is 3.34. The van der Waals surface area contributed by atoms with Crippen molar-refractivity contribution in [2.45, 2.75) is 26.3 Å². The standard InChI is InChI=1S/C15H18N2O3/c1-4-12(18)13-9(2)16-15(19)17-14(13)10-5-7-11(20-3)8-6-10/h5-8,14H,4H2,1-3H3,(H2,16,17,19)/t14-/m0/s1. The predicted octanol–water partition coefficient (Wildman–Crippen LogP) is 2.30. The number of carbonyl (C=O) groups excluding carboxylic acids is 2. The van der Waals surface area contributed by atoms with Crippen molar-refractivity contribution in [1.82, 2.24) is 10.6 Å². The zero-order valence-electron chi connectivity index (χ0n) is 11.8. The molecule has 5 heteroatoms. The van der Waals surface area contributed by atoms with Gasteiger partial charge in [-0.2, -0.15) is 0 Å². The smallest absolute Gasteiger partial charge is 0.319 e. The summed E-state index contributed by atoms with van der Waals surface area (Å²) in [5, 5.41) is 5.45. The second-order valence-electron chi connectivity index (χ2n) is 4.62. The molecule has 2 amide bonds. The van der Waals surface area contributed by atoms with E-state index in [9.17, 15) is 9.59 Å². The van der Waals surface area contributed by atoms with Crippen LogP contribution in [0.1, 0.15) is 31.9 Å². The highest BCUT2D eigenvalue weighted by Gasteiger charge is 2.29. The Morgan fingerprint density at radius 3 is 2.50 bits per heavy atom. The maximum atomic E-state index is 12.1.